The van der Waals surface area contributed by atoms with Crippen LogP contribution in [0.25, 0.3) is 17.5 Å². The first kappa shape index (κ1) is 11.7. The summed E-state index contributed by atoms with van der Waals surface area (Å²) in [5.74, 6) is 1.27. The Morgan fingerprint density at radius 3 is 3.00 bits per heavy atom. The molecule has 3 rings (SSSR count). The second kappa shape index (κ2) is 4.39. The van der Waals surface area contributed by atoms with Gasteiger partial charge in [-0.2, -0.15) is 0 Å². The van der Waals surface area contributed by atoms with Gasteiger partial charge in [0.2, 0.25) is 0 Å². The van der Waals surface area contributed by atoms with Crippen LogP contribution in [0.15, 0.2) is 29.1 Å². The molecule has 0 aliphatic heterocycles. The number of aromatic nitrogens is 2. The lowest BCUT2D eigenvalue weighted by molar-refractivity contribution is 0.416. The Morgan fingerprint density at radius 2 is 2.21 bits per heavy atom. The van der Waals surface area contributed by atoms with Gasteiger partial charge in [0.15, 0.2) is 0 Å². The average molecular weight is 254 g/mol. The van der Waals surface area contributed by atoms with Crippen LogP contribution in [0.5, 0.6) is 5.75 Å². The van der Waals surface area contributed by atoms with Gasteiger partial charge in [0.25, 0.3) is 5.56 Å². The molecule has 1 aromatic heterocycles. The van der Waals surface area contributed by atoms with Crippen molar-refractivity contribution in [2.45, 2.75) is 13.3 Å². The van der Waals surface area contributed by atoms with E-state index in [2.05, 4.69) is 9.97 Å². The molecule has 2 aromatic rings. The molecule has 1 aromatic carbocycles. The fraction of sp³-hybridized carbons (Fsp3) is 0.200. The molecule has 19 heavy (non-hydrogen) atoms. The summed E-state index contributed by atoms with van der Waals surface area (Å²) >= 11 is 0. The van der Waals surface area contributed by atoms with Crippen LogP contribution in [0.3, 0.4) is 0 Å². The van der Waals surface area contributed by atoms with E-state index < -0.39 is 0 Å². The molecule has 96 valence electrons. The summed E-state index contributed by atoms with van der Waals surface area (Å²) in [5, 5.41) is 0. The van der Waals surface area contributed by atoms with Crippen LogP contribution in [-0.4, -0.2) is 17.1 Å². The molecule has 0 spiro atoms. The predicted octanol–water partition coefficient (Wildman–Crippen LogP) is 2.32. The summed E-state index contributed by atoms with van der Waals surface area (Å²) in [4.78, 5) is 19.4. The second-order valence-electron chi connectivity index (χ2n) is 4.59. The van der Waals surface area contributed by atoms with Gasteiger partial charge in [-0.1, -0.05) is 23.8 Å². The number of ether oxygens (including phenoxy) is 1. The van der Waals surface area contributed by atoms with Crippen LogP contribution in [0, 0.1) is 6.92 Å². The molecule has 1 aliphatic carbocycles. The summed E-state index contributed by atoms with van der Waals surface area (Å²) in [6.45, 7) is 2.00. The van der Waals surface area contributed by atoms with Gasteiger partial charge in [-0.3, -0.25) is 4.79 Å². The van der Waals surface area contributed by atoms with Gasteiger partial charge >= 0.3 is 0 Å². The van der Waals surface area contributed by atoms with Gasteiger partial charge in [-0.15, -0.1) is 0 Å². The summed E-state index contributed by atoms with van der Waals surface area (Å²) in [7, 11) is 1.61. The zero-order valence-electron chi connectivity index (χ0n) is 10.9. The van der Waals surface area contributed by atoms with Crippen molar-refractivity contribution in [2.75, 3.05) is 7.11 Å². The van der Waals surface area contributed by atoms with Crippen LogP contribution < -0.4 is 10.3 Å². The van der Waals surface area contributed by atoms with E-state index in [9.17, 15) is 4.79 Å². The molecule has 1 heterocycles. The van der Waals surface area contributed by atoms with Crippen molar-refractivity contribution >= 4 is 6.08 Å². The molecule has 0 unspecified atom stereocenters. The Morgan fingerprint density at radius 1 is 1.37 bits per heavy atom. The fourth-order valence-corrected chi connectivity index (χ4v) is 2.28. The number of H-pyrrole nitrogens is 1. The molecular formula is C15H14N2O2. The first-order valence-corrected chi connectivity index (χ1v) is 6.14. The molecule has 4 nitrogen and oxygen atoms in total. The number of aromatic amines is 1. The number of fused-ring (bicyclic) bond motifs is 1. The minimum atomic E-state index is -0.0997. The molecule has 0 saturated heterocycles. The standard InChI is InChI=1S/C15H14N2O2/c1-9-6-7-13(19-2)11(8-9)14-16-12-5-3-4-10(12)15(18)17-14/h3-4,6-8H,5H2,1-2H3,(H,16,17,18). The van der Waals surface area contributed by atoms with Crippen molar-refractivity contribution in [2.24, 2.45) is 0 Å². The first-order chi connectivity index (χ1) is 9.19. The van der Waals surface area contributed by atoms with E-state index in [1.807, 2.05) is 37.3 Å². The number of benzene rings is 1. The van der Waals surface area contributed by atoms with Crippen molar-refractivity contribution in [1.82, 2.24) is 9.97 Å². The number of nitrogens with zero attached hydrogens (tertiary/aromatic N) is 1. The van der Waals surface area contributed by atoms with Gasteiger partial charge in [0, 0.05) is 6.42 Å². The van der Waals surface area contributed by atoms with Gasteiger partial charge in [-0.05, 0) is 19.1 Å². The topological polar surface area (TPSA) is 55.0 Å². The molecule has 0 saturated carbocycles. The van der Waals surface area contributed by atoms with E-state index in [0.29, 0.717) is 23.6 Å². The lowest BCUT2D eigenvalue weighted by atomic mass is 10.1. The molecule has 0 fully saturated rings. The highest BCUT2D eigenvalue weighted by molar-refractivity contribution is 5.67. The number of methoxy groups -OCH3 is 1. The molecule has 0 bridgehead atoms. The highest BCUT2D eigenvalue weighted by Gasteiger charge is 2.15. The maximum absolute atomic E-state index is 12.0. The van der Waals surface area contributed by atoms with Gasteiger partial charge in [0.1, 0.15) is 11.6 Å². The minimum Gasteiger partial charge on any atom is -0.496 e. The lowest BCUT2D eigenvalue weighted by Gasteiger charge is -2.10. The Kier molecular flexibility index (Phi) is 2.71. The van der Waals surface area contributed by atoms with Crippen LogP contribution in [-0.2, 0) is 6.42 Å². The summed E-state index contributed by atoms with van der Waals surface area (Å²) in [6, 6.07) is 5.82. The molecule has 0 amide bonds. The maximum atomic E-state index is 12.0. The maximum Gasteiger partial charge on any atom is 0.258 e. The zero-order chi connectivity index (χ0) is 13.4. The Labute approximate surface area is 110 Å². The number of aryl methyl sites for hydroxylation is 1. The quantitative estimate of drug-likeness (QED) is 0.894. The minimum absolute atomic E-state index is 0.0997. The molecule has 0 radical (unpaired) electrons. The van der Waals surface area contributed by atoms with Crippen molar-refractivity contribution in [3.8, 4) is 17.1 Å². The molecular weight excluding hydrogens is 240 g/mol. The van der Waals surface area contributed by atoms with Crippen LogP contribution in [0.4, 0.5) is 0 Å². The van der Waals surface area contributed by atoms with Crippen LogP contribution >= 0.6 is 0 Å². The van der Waals surface area contributed by atoms with Gasteiger partial charge in [0.05, 0.1) is 23.9 Å². The average Bonchev–Trinajstić information content (AvgIpc) is 2.87. The summed E-state index contributed by atoms with van der Waals surface area (Å²) in [5.41, 5.74) is 3.29. The monoisotopic (exact) mass is 254 g/mol. The highest BCUT2D eigenvalue weighted by Crippen LogP contribution is 2.28. The Balaban J connectivity index is 2.21. The Hall–Kier alpha value is -2.36. The van der Waals surface area contributed by atoms with E-state index in [0.717, 1.165) is 16.8 Å². The smallest absolute Gasteiger partial charge is 0.258 e. The van der Waals surface area contributed by atoms with Crippen molar-refractivity contribution in [3.05, 3.63) is 51.4 Å². The normalized spacial score (nSPS) is 12.5. The van der Waals surface area contributed by atoms with Crippen LogP contribution in [0.2, 0.25) is 0 Å². The summed E-state index contributed by atoms with van der Waals surface area (Å²) in [6.07, 6.45) is 4.48. The second-order valence-corrected chi connectivity index (χ2v) is 4.59. The number of rotatable bonds is 2. The number of hydrogen-bond donors (Lipinski definition) is 1. The fourth-order valence-electron chi connectivity index (χ4n) is 2.28. The van der Waals surface area contributed by atoms with E-state index in [1.54, 1.807) is 7.11 Å². The van der Waals surface area contributed by atoms with E-state index in [-0.39, 0.29) is 5.56 Å². The van der Waals surface area contributed by atoms with Gasteiger partial charge < -0.3 is 9.72 Å². The van der Waals surface area contributed by atoms with Gasteiger partial charge in [-0.25, -0.2) is 4.98 Å². The molecule has 0 atom stereocenters. The highest BCUT2D eigenvalue weighted by atomic mass is 16.5. The van der Waals surface area contributed by atoms with E-state index in [1.165, 1.54) is 0 Å². The predicted molar refractivity (Wildman–Crippen MR) is 74.3 cm³/mol. The SMILES string of the molecule is COc1ccc(C)cc1-c1nc2c(c(=O)[nH]1)C=CC2. The third-order valence-corrected chi connectivity index (χ3v) is 3.24. The van der Waals surface area contributed by atoms with Crippen molar-refractivity contribution in [3.63, 3.8) is 0 Å². The van der Waals surface area contributed by atoms with Crippen molar-refractivity contribution < 1.29 is 4.74 Å². The number of allylic oxidation sites excluding steroid dienone is 1. The number of nitrogens with one attached hydrogen (secondary N) is 1. The third kappa shape index (κ3) is 1.95. The lowest BCUT2D eigenvalue weighted by Crippen LogP contribution is -2.14. The van der Waals surface area contributed by atoms with Crippen LogP contribution in [0.1, 0.15) is 16.8 Å². The molecule has 1 aliphatic rings. The molecule has 1 N–H and O–H groups in total. The number of hydrogen-bond acceptors (Lipinski definition) is 3. The van der Waals surface area contributed by atoms with Crippen molar-refractivity contribution in [1.29, 1.82) is 0 Å². The van der Waals surface area contributed by atoms with E-state index >= 15 is 0 Å². The first-order valence-electron chi connectivity index (χ1n) is 6.14. The van der Waals surface area contributed by atoms with E-state index in [4.69, 9.17) is 4.74 Å². The molecule has 4 heteroatoms. The Bertz CT molecular complexity index is 729. The summed E-state index contributed by atoms with van der Waals surface area (Å²) < 4.78 is 5.34. The third-order valence-electron chi connectivity index (χ3n) is 3.24. The largest absolute Gasteiger partial charge is 0.496 e. The zero-order valence-corrected chi connectivity index (χ0v) is 10.9.